The Kier molecular flexibility index (Phi) is 55.7. The quantitative estimate of drug-likeness (QED) is 0.0199. The number of esters is 3. The van der Waals surface area contributed by atoms with Gasteiger partial charge in [-0.3, -0.25) is 14.4 Å². The SMILES string of the molecule is CCCCCCC\C=C/C=C\C=C/CCCCCCCC(=O)OCC(COC(=O)CCCCCCC/C=C\CCCCCCCCC)OC(=O)CCCCCCCCCCCCCCCCCCC. The second kappa shape index (κ2) is 57.9. The lowest BCUT2D eigenvalue weighted by Gasteiger charge is -2.18. The lowest BCUT2D eigenvalue weighted by molar-refractivity contribution is -0.167. The molecular formula is C63H114O6. The Morgan fingerprint density at radius 2 is 0.536 bits per heavy atom. The van der Waals surface area contributed by atoms with E-state index in [0.717, 1.165) is 83.5 Å². The summed E-state index contributed by atoms with van der Waals surface area (Å²) in [7, 11) is 0. The number of carbonyl (C=O) groups excluding carboxylic acids is 3. The molecule has 0 aromatic rings. The van der Waals surface area contributed by atoms with Crippen molar-refractivity contribution >= 4 is 17.9 Å². The third-order valence-electron chi connectivity index (χ3n) is 13.4. The lowest BCUT2D eigenvalue weighted by atomic mass is 10.0. The van der Waals surface area contributed by atoms with Crippen LogP contribution in [0.2, 0.25) is 0 Å². The molecule has 0 saturated carbocycles. The van der Waals surface area contributed by atoms with Crippen LogP contribution in [0, 0.1) is 0 Å². The van der Waals surface area contributed by atoms with E-state index >= 15 is 0 Å². The maximum absolute atomic E-state index is 12.9. The third kappa shape index (κ3) is 56.2. The molecule has 0 amide bonds. The summed E-state index contributed by atoms with van der Waals surface area (Å²) in [6.07, 6.45) is 71.0. The minimum atomic E-state index is -0.783. The predicted molar refractivity (Wildman–Crippen MR) is 298 cm³/mol. The highest BCUT2D eigenvalue weighted by molar-refractivity contribution is 5.71. The van der Waals surface area contributed by atoms with Gasteiger partial charge in [0.1, 0.15) is 13.2 Å². The van der Waals surface area contributed by atoms with Crippen molar-refractivity contribution < 1.29 is 28.6 Å². The van der Waals surface area contributed by atoms with Gasteiger partial charge >= 0.3 is 17.9 Å². The highest BCUT2D eigenvalue weighted by atomic mass is 16.6. The van der Waals surface area contributed by atoms with Crippen molar-refractivity contribution in [2.24, 2.45) is 0 Å². The predicted octanol–water partition coefficient (Wildman–Crippen LogP) is 20.2. The topological polar surface area (TPSA) is 78.9 Å². The normalized spacial score (nSPS) is 12.3. The lowest BCUT2D eigenvalue weighted by Crippen LogP contribution is -2.30. The molecule has 0 rings (SSSR count). The van der Waals surface area contributed by atoms with Gasteiger partial charge in [0.05, 0.1) is 0 Å². The van der Waals surface area contributed by atoms with E-state index in [-0.39, 0.29) is 31.1 Å². The van der Waals surface area contributed by atoms with Crippen molar-refractivity contribution in [1.82, 2.24) is 0 Å². The molecule has 0 bridgehead atoms. The van der Waals surface area contributed by atoms with E-state index in [1.165, 1.54) is 193 Å². The molecule has 0 radical (unpaired) electrons. The Morgan fingerprint density at radius 3 is 0.841 bits per heavy atom. The van der Waals surface area contributed by atoms with Gasteiger partial charge in [0.15, 0.2) is 6.10 Å². The highest BCUT2D eigenvalue weighted by Gasteiger charge is 2.19. The fourth-order valence-electron chi connectivity index (χ4n) is 8.79. The maximum Gasteiger partial charge on any atom is 0.306 e. The molecule has 0 aliphatic heterocycles. The first-order valence-corrected chi connectivity index (χ1v) is 30.2. The van der Waals surface area contributed by atoms with Gasteiger partial charge in [0.25, 0.3) is 0 Å². The van der Waals surface area contributed by atoms with E-state index in [4.69, 9.17) is 14.2 Å². The van der Waals surface area contributed by atoms with Gasteiger partial charge in [-0.15, -0.1) is 0 Å². The van der Waals surface area contributed by atoms with Gasteiger partial charge in [-0.05, 0) is 70.6 Å². The molecule has 0 N–H and O–H groups in total. The first-order chi connectivity index (χ1) is 34.0. The van der Waals surface area contributed by atoms with Gasteiger partial charge in [-0.25, -0.2) is 0 Å². The number of carbonyl (C=O) groups is 3. The van der Waals surface area contributed by atoms with Crippen LogP contribution in [0.5, 0.6) is 0 Å². The van der Waals surface area contributed by atoms with Gasteiger partial charge in [0, 0.05) is 19.3 Å². The Morgan fingerprint density at radius 1 is 0.290 bits per heavy atom. The van der Waals surface area contributed by atoms with Crippen LogP contribution in [0.4, 0.5) is 0 Å². The van der Waals surface area contributed by atoms with Crippen LogP contribution in [0.25, 0.3) is 0 Å². The standard InChI is InChI=1S/C63H114O6/c1-4-7-10-13-16-19-22-25-28-31-33-35-38-41-44-47-50-53-56-62(65)68-59-60(58-67-61(64)55-52-49-46-43-40-37-34-30-27-24-21-18-15-12-9-6-3)69-63(66)57-54-51-48-45-42-39-36-32-29-26-23-20-17-14-11-8-5-2/h22,25,28,30-31,33-35,60H,4-21,23-24,26-27,29,32,36-59H2,1-3H3/b25-22-,31-28-,34-30-,35-33-. The molecule has 6 heteroatoms. The molecule has 0 spiro atoms. The van der Waals surface area contributed by atoms with E-state index in [0.29, 0.717) is 19.3 Å². The van der Waals surface area contributed by atoms with Crippen LogP contribution in [0.1, 0.15) is 316 Å². The molecule has 402 valence electrons. The van der Waals surface area contributed by atoms with Crippen LogP contribution >= 0.6 is 0 Å². The summed E-state index contributed by atoms with van der Waals surface area (Å²) in [6.45, 7) is 6.64. The van der Waals surface area contributed by atoms with Crippen molar-refractivity contribution in [2.45, 2.75) is 322 Å². The van der Waals surface area contributed by atoms with Gasteiger partial charge in [-0.2, -0.15) is 0 Å². The summed E-state index contributed by atoms with van der Waals surface area (Å²) < 4.78 is 16.9. The van der Waals surface area contributed by atoms with Gasteiger partial charge < -0.3 is 14.2 Å². The van der Waals surface area contributed by atoms with Crippen molar-refractivity contribution in [3.63, 3.8) is 0 Å². The molecule has 1 atom stereocenters. The first-order valence-electron chi connectivity index (χ1n) is 30.2. The van der Waals surface area contributed by atoms with Gasteiger partial charge in [-0.1, -0.05) is 275 Å². The second-order valence-electron chi connectivity index (χ2n) is 20.3. The molecule has 0 aromatic heterocycles. The molecule has 0 fully saturated rings. The van der Waals surface area contributed by atoms with Crippen molar-refractivity contribution in [3.8, 4) is 0 Å². The first kappa shape index (κ1) is 66.4. The van der Waals surface area contributed by atoms with Crippen LogP contribution in [0.15, 0.2) is 48.6 Å². The largest absolute Gasteiger partial charge is 0.462 e. The number of ether oxygens (including phenoxy) is 3. The summed E-state index contributed by atoms with van der Waals surface area (Å²) in [6, 6.07) is 0. The molecule has 0 aliphatic rings. The van der Waals surface area contributed by atoms with Crippen molar-refractivity contribution in [3.05, 3.63) is 48.6 Å². The average Bonchev–Trinajstić information content (AvgIpc) is 3.35. The molecule has 0 aliphatic carbocycles. The second-order valence-corrected chi connectivity index (χ2v) is 20.3. The summed E-state index contributed by atoms with van der Waals surface area (Å²) in [5.74, 6) is -0.891. The number of rotatable bonds is 55. The van der Waals surface area contributed by atoms with E-state index in [1.54, 1.807) is 0 Å². The molecule has 1 unspecified atom stereocenters. The fourth-order valence-corrected chi connectivity index (χ4v) is 8.79. The number of hydrogen-bond donors (Lipinski definition) is 0. The zero-order valence-electron chi connectivity index (χ0n) is 46.1. The molecule has 0 saturated heterocycles. The summed E-state index contributed by atoms with van der Waals surface area (Å²) >= 11 is 0. The van der Waals surface area contributed by atoms with Crippen molar-refractivity contribution in [2.75, 3.05) is 13.2 Å². The molecule has 0 aromatic carbocycles. The Bertz CT molecular complexity index is 1200. The Hall–Kier alpha value is -2.63. The van der Waals surface area contributed by atoms with E-state index in [9.17, 15) is 14.4 Å². The van der Waals surface area contributed by atoms with E-state index < -0.39 is 6.10 Å². The molecule has 6 nitrogen and oxygen atoms in total. The van der Waals surface area contributed by atoms with E-state index in [2.05, 4.69) is 69.4 Å². The zero-order chi connectivity index (χ0) is 50.0. The number of hydrogen-bond acceptors (Lipinski definition) is 6. The zero-order valence-corrected chi connectivity index (χ0v) is 46.1. The van der Waals surface area contributed by atoms with Crippen molar-refractivity contribution in [1.29, 1.82) is 0 Å². The molecule has 0 heterocycles. The minimum Gasteiger partial charge on any atom is -0.462 e. The maximum atomic E-state index is 12.9. The summed E-state index contributed by atoms with van der Waals surface area (Å²) in [4.78, 5) is 38.2. The van der Waals surface area contributed by atoms with Gasteiger partial charge in [0.2, 0.25) is 0 Å². The third-order valence-corrected chi connectivity index (χ3v) is 13.4. The van der Waals surface area contributed by atoms with E-state index in [1.807, 2.05) is 0 Å². The number of allylic oxidation sites excluding steroid dienone is 8. The number of unbranched alkanes of at least 4 members (excludes halogenated alkanes) is 38. The molecule has 69 heavy (non-hydrogen) atoms. The Labute approximate surface area is 428 Å². The highest BCUT2D eigenvalue weighted by Crippen LogP contribution is 2.16. The smallest absolute Gasteiger partial charge is 0.306 e. The fraction of sp³-hybridized carbons (Fsp3) is 0.825. The van der Waals surface area contributed by atoms with Crippen LogP contribution in [0.3, 0.4) is 0 Å². The monoisotopic (exact) mass is 967 g/mol. The van der Waals surface area contributed by atoms with Crippen LogP contribution in [-0.2, 0) is 28.6 Å². The van der Waals surface area contributed by atoms with Crippen LogP contribution in [-0.4, -0.2) is 37.2 Å². The Balaban J connectivity index is 4.40. The summed E-state index contributed by atoms with van der Waals surface area (Å²) in [5, 5.41) is 0. The van der Waals surface area contributed by atoms with Crippen LogP contribution < -0.4 is 0 Å². The average molecular weight is 968 g/mol. The minimum absolute atomic E-state index is 0.0811. The summed E-state index contributed by atoms with van der Waals surface area (Å²) in [5.41, 5.74) is 0. The molecular weight excluding hydrogens is 853 g/mol.